The fraction of sp³-hybridized carbons (Fsp3) is 0.154. The Morgan fingerprint density at radius 1 is 1.33 bits per heavy atom. The van der Waals surface area contributed by atoms with Crippen molar-refractivity contribution in [2.45, 2.75) is 11.6 Å². The topological polar surface area (TPSA) is 68.3 Å². The Hall–Kier alpha value is -1.51. The molecule has 0 fully saturated rings. The van der Waals surface area contributed by atoms with Crippen LogP contribution in [0.25, 0.3) is 0 Å². The third kappa shape index (κ3) is 3.58. The van der Waals surface area contributed by atoms with E-state index in [1.807, 2.05) is 0 Å². The molecule has 1 aromatic carbocycles. The lowest BCUT2D eigenvalue weighted by Gasteiger charge is -2.13. The molecule has 0 unspecified atom stereocenters. The first-order chi connectivity index (χ1) is 9.95. The molecule has 21 heavy (non-hydrogen) atoms. The Balaban J connectivity index is 2.42. The van der Waals surface area contributed by atoms with Gasteiger partial charge < -0.3 is 4.74 Å². The molecule has 1 N–H and O–H groups in total. The molecule has 0 saturated heterocycles. The van der Waals surface area contributed by atoms with Crippen molar-refractivity contribution in [2.24, 2.45) is 0 Å². The minimum absolute atomic E-state index is 0.198. The van der Waals surface area contributed by atoms with Gasteiger partial charge in [-0.25, -0.2) is 9.37 Å². The SMILES string of the molecule is COCc1c(Br)cccc1NS(=O)(=O)c1ncccc1F. The van der Waals surface area contributed by atoms with Gasteiger partial charge in [0.2, 0.25) is 5.03 Å². The van der Waals surface area contributed by atoms with E-state index < -0.39 is 20.9 Å². The van der Waals surface area contributed by atoms with Crippen molar-refractivity contribution in [1.82, 2.24) is 4.98 Å². The summed E-state index contributed by atoms with van der Waals surface area (Å²) in [6.45, 7) is 0.198. The van der Waals surface area contributed by atoms with E-state index in [4.69, 9.17) is 4.74 Å². The van der Waals surface area contributed by atoms with Crippen molar-refractivity contribution in [3.63, 3.8) is 0 Å². The normalized spacial score (nSPS) is 11.4. The average Bonchev–Trinajstić information content (AvgIpc) is 2.43. The maximum atomic E-state index is 13.6. The number of nitrogens with zero attached hydrogens (tertiary/aromatic N) is 1. The molecule has 0 spiro atoms. The molecule has 0 saturated carbocycles. The largest absolute Gasteiger partial charge is 0.380 e. The summed E-state index contributed by atoms with van der Waals surface area (Å²) in [5, 5.41) is -0.645. The summed E-state index contributed by atoms with van der Waals surface area (Å²) < 4.78 is 46.1. The zero-order valence-electron chi connectivity index (χ0n) is 11.0. The molecule has 0 bridgehead atoms. The predicted octanol–water partition coefficient (Wildman–Crippen LogP) is 2.93. The van der Waals surface area contributed by atoms with Crippen molar-refractivity contribution in [1.29, 1.82) is 0 Å². The number of rotatable bonds is 5. The van der Waals surface area contributed by atoms with E-state index in [0.717, 1.165) is 6.07 Å². The number of benzene rings is 1. The number of hydrogen-bond donors (Lipinski definition) is 1. The second-order valence-electron chi connectivity index (χ2n) is 4.09. The summed E-state index contributed by atoms with van der Waals surface area (Å²) in [4.78, 5) is 3.58. The number of halogens is 2. The lowest BCUT2D eigenvalue weighted by Crippen LogP contribution is -2.17. The van der Waals surface area contributed by atoms with Gasteiger partial charge in [-0.2, -0.15) is 8.42 Å². The quantitative estimate of drug-likeness (QED) is 0.873. The van der Waals surface area contributed by atoms with Crippen molar-refractivity contribution in [3.05, 3.63) is 52.4 Å². The van der Waals surface area contributed by atoms with Gasteiger partial charge in [0.25, 0.3) is 10.0 Å². The third-order valence-corrected chi connectivity index (χ3v) is 4.67. The van der Waals surface area contributed by atoms with Crippen molar-refractivity contribution >= 4 is 31.6 Å². The molecule has 8 heteroatoms. The van der Waals surface area contributed by atoms with E-state index in [1.54, 1.807) is 18.2 Å². The summed E-state index contributed by atoms with van der Waals surface area (Å²) in [7, 11) is -2.62. The molecule has 1 aromatic heterocycles. The minimum atomic E-state index is -4.11. The molecule has 0 atom stereocenters. The first-order valence-corrected chi connectivity index (χ1v) is 8.13. The Kier molecular flexibility index (Phi) is 4.92. The summed E-state index contributed by atoms with van der Waals surface area (Å²) in [5.74, 6) is -0.909. The van der Waals surface area contributed by atoms with Crippen LogP contribution in [0.4, 0.5) is 10.1 Å². The maximum Gasteiger partial charge on any atom is 0.282 e. The minimum Gasteiger partial charge on any atom is -0.380 e. The van der Waals surface area contributed by atoms with Crippen LogP contribution in [0.15, 0.2) is 46.0 Å². The van der Waals surface area contributed by atoms with E-state index in [9.17, 15) is 12.8 Å². The number of nitrogens with one attached hydrogen (secondary N) is 1. The molecule has 1 heterocycles. The molecule has 112 valence electrons. The number of ether oxygens (including phenoxy) is 1. The van der Waals surface area contributed by atoms with E-state index in [1.165, 1.54) is 19.4 Å². The fourth-order valence-electron chi connectivity index (χ4n) is 1.71. The van der Waals surface area contributed by atoms with Crippen molar-refractivity contribution in [3.8, 4) is 0 Å². The lowest BCUT2D eigenvalue weighted by molar-refractivity contribution is 0.185. The van der Waals surface area contributed by atoms with Crippen LogP contribution in [0.1, 0.15) is 5.56 Å². The van der Waals surface area contributed by atoms with Crippen LogP contribution in [0, 0.1) is 5.82 Å². The van der Waals surface area contributed by atoms with Gasteiger partial charge in [0.15, 0.2) is 5.82 Å². The van der Waals surface area contributed by atoms with Crippen molar-refractivity contribution < 1.29 is 17.5 Å². The van der Waals surface area contributed by atoms with Crippen molar-refractivity contribution in [2.75, 3.05) is 11.8 Å². The summed E-state index contributed by atoms with van der Waals surface area (Å²) >= 11 is 3.32. The van der Waals surface area contributed by atoms with Crippen LogP contribution >= 0.6 is 15.9 Å². The van der Waals surface area contributed by atoms with E-state index in [2.05, 4.69) is 25.6 Å². The Morgan fingerprint density at radius 2 is 2.10 bits per heavy atom. The number of pyridine rings is 1. The zero-order valence-corrected chi connectivity index (χ0v) is 13.4. The summed E-state index contributed by atoms with van der Waals surface area (Å²) in [5.41, 5.74) is 0.913. The molecule has 0 aliphatic rings. The second kappa shape index (κ2) is 6.50. The number of methoxy groups -OCH3 is 1. The third-order valence-electron chi connectivity index (χ3n) is 2.63. The zero-order chi connectivity index (χ0) is 15.5. The number of aromatic nitrogens is 1. The second-order valence-corrected chi connectivity index (χ2v) is 6.55. The van der Waals surface area contributed by atoms with Gasteiger partial charge in [-0.3, -0.25) is 4.72 Å². The first kappa shape index (κ1) is 15.9. The average molecular weight is 375 g/mol. The highest BCUT2D eigenvalue weighted by Crippen LogP contribution is 2.27. The van der Waals surface area contributed by atoms with Gasteiger partial charge in [0.05, 0.1) is 12.3 Å². The molecule has 0 aliphatic carbocycles. The van der Waals surface area contributed by atoms with Crippen LogP contribution < -0.4 is 4.72 Å². The molecule has 2 aromatic rings. The monoisotopic (exact) mass is 374 g/mol. The van der Waals surface area contributed by atoms with Gasteiger partial charge in [-0.15, -0.1) is 0 Å². The van der Waals surface area contributed by atoms with Crippen LogP contribution in [0.5, 0.6) is 0 Å². The predicted molar refractivity (Wildman–Crippen MR) is 79.9 cm³/mol. The Morgan fingerprint density at radius 3 is 2.76 bits per heavy atom. The highest BCUT2D eigenvalue weighted by Gasteiger charge is 2.22. The summed E-state index contributed by atoms with van der Waals surface area (Å²) in [6, 6.07) is 7.35. The van der Waals surface area contributed by atoms with Gasteiger partial charge in [-0.05, 0) is 24.3 Å². The van der Waals surface area contributed by atoms with Gasteiger partial charge >= 0.3 is 0 Å². The molecule has 0 amide bonds. The van der Waals surface area contributed by atoms with Crippen LogP contribution in [0.3, 0.4) is 0 Å². The Bertz CT molecular complexity index is 753. The fourth-order valence-corrected chi connectivity index (χ4v) is 3.29. The molecule has 0 radical (unpaired) electrons. The molecular formula is C13H12BrFN2O3S. The number of sulfonamides is 1. The summed E-state index contributed by atoms with van der Waals surface area (Å²) in [6.07, 6.45) is 1.22. The van der Waals surface area contributed by atoms with E-state index >= 15 is 0 Å². The van der Waals surface area contributed by atoms with E-state index in [-0.39, 0.29) is 6.61 Å². The number of anilines is 1. The lowest BCUT2D eigenvalue weighted by atomic mass is 10.2. The molecule has 2 rings (SSSR count). The molecular weight excluding hydrogens is 363 g/mol. The molecule has 5 nitrogen and oxygen atoms in total. The van der Waals surface area contributed by atoms with Gasteiger partial charge in [0.1, 0.15) is 0 Å². The standard InChI is InChI=1S/C13H12BrFN2O3S/c1-20-8-9-10(14)4-2-6-12(9)17-21(18,19)13-11(15)5-3-7-16-13/h2-7,17H,8H2,1H3. The highest BCUT2D eigenvalue weighted by molar-refractivity contribution is 9.10. The Labute approximate surface area is 130 Å². The van der Waals surface area contributed by atoms with Crippen LogP contribution in [-0.2, 0) is 21.4 Å². The first-order valence-electron chi connectivity index (χ1n) is 5.85. The highest BCUT2D eigenvalue weighted by atomic mass is 79.9. The van der Waals surface area contributed by atoms with E-state index in [0.29, 0.717) is 15.7 Å². The number of hydrogen-bond acceptors (Lipinski definition) is 4. The smallest absolute Gasteiger partial charge is 0.282 e. The van der Waals surface area contributed by atoms with Crippen LogP contribution in [0.2, 0.25) is 0 Å². The van der Waals surface area contributed by atoms with Gasteiger partial charge in [-0.1, -0.05) is 22.0 Å². The maximum absolute atomic E-state index is 13.6. The van der Waals surface area contributed by atoms with Crippen LogP contribution in [-0.4, -0.2) is 20.5 Å². The molecule has 0 aliphatic heterocycles. The van der Waals surface area contributed by atoms with Gasteiger partial charge in [0, 0.05) is 23.3 Å².